The highest BCUT2D eigenvalue weighted by atomic mass is 16.8. The van der Waals surface area contributed by atoms with E-state index >= 15 is 0 Å². The lowest BCUT2D eigenvalue weighted by atomic mass is 9.95. The molecule has 0 saturated carbocycles. The summed E-state index contributed by atoms with van der Waals surface area (Å²) in [6.07, 6.45) is -70.2. The second-order valence-corrected chi connectivity index (χ2v) is 19.7. The van der Waals surface area contributed by atoms with Crippen LogP contribution in [0.5, 0.6) is 0 Å². The van der Waals surface area contributed by atoms with E-state index in [9.17, 15) is 107 Å². The second kappa shape index (κ2) is 26.0. The van der Waals surface area contributed by atoms with Crippen molar-refractivity contribution in [3.05, 3.63) is 0 Å². The molecule has 0 aromatic heterocycles. The third-order valence-electron chi connectivity index (χ3n) is 14.8. The minimum atomic E-state index is -2.21. The summed E-state index contributed by atoms with van der Waals surface area (Å²) in [6.45, 7) is -7.33. The molecule has 35 heteroatoms. The van der Waals surface area contributed by atoms with Crippen LogP contribution in [0.25, 0.3) is 0 Å². The molecule has 21 aliphatic heterocycles. The van der Waals surface area contributed by atoms with E-state index in [-0.39, 0.29) is 0 Å². The first-order chi connectivity index (χ1) is 36.7. The van der Waals surface area contributed by atoms with Crippen LogP contribution < -0.4 is 0 Å². The van der Waals surface area contributed by atoms with Gasteiger partial charge in [-0.3, -0.25) is 0 Å². The van der Waals surface area contributed by atoms with Crippen molar-refractivity contribution < 1.29 is 174 Å². The summed E-state index contributed by atoms with van der Waals surface area (Å²) in [5.74, 6) is 0. The van der Waals surface area contributed by atoms with Gasteiger partial charge < -0.3 is 174 Å². The molecule has 3 unspecified atom stereocenters. The quantitative estimate of drug-likeness (QED) is 0.113. The van der Waals surface area contributed by atoms with Gasteiger partial charge in [-0.05, 0) is 0 Å². The third kappa shape index (κ3) is 12.1. The van der Waals surface area contributed by atoms with Crippen LogP contribution in [0.1, 0.15) is 0 Å². The van der Waals surface area contributed by atoms with Crippen LogP contribution in [-0.4, -0.2) is 368 Å². The van der Waals surface area contributed by atoms with E-state index in [0.29, 0.717) is 0 Å². The molecule has 21 N–H and O–H groups in total. The van der Waals surface area contributed by atoms with Crippen molar-refractivity contribution in [2.24, 2.45) is 0 Å². The highest BCUT2D eigenvalue weighted by Crippen LogP contribution is 2.39. The van der Waals surface area contributed by atoms with E-state index in [1.807, 2.05) is 0 Å². The summed E-state index contributed by atoms with van der Waals surface area (Å²) in [5, 5.41) is 230. The minimum absolute atomic E-state index is 1.05. The Labute approximate surface area is 434 Å². The molecule has 21 aliphatic rings. The number of aliphatic hydroxyl groups is 21. The van der Waals surface area contributed by atoms with Crippen LogP contribution >= 0.6 is 0 Å². The molecule has 21 heterocycles. The highest BCUT2D eigenvalue weighted by Gasteiger charge is 2.59. The molecule has 21 rings (SSSR count). The smallest absolute Gasteiger partial charge is 0.187 e. The fourth-order valence-electron chi connectivity index (χ4n) is 10.4. The SMILES string of the molecule is OCC1O[C@@H]2O[C@@H]3C(CO)O[C@H](O[C@H]4[C@@H](O)[C@H](O)[C@@H](O[C@H]5[C@@H](O)[C@H](O)[C@@H](O[C@H]6[C@@H](O)[C@H](O)[C@@H](O[C@H]7[C@@H](O)[C@H](O)[C@@H](O[C@H]8[C@@H](O)[C@H](O)C(O[C@H]1[C@@H](O)[C@@H]2O)O[C@@H]8CO)O[C@@H]7CO)O[C@@H]6CO)O[C@@H]5CO)O[C@@H]4CO)[C@@H](O)[C@@H]3O. The standard InChI is InChI=1S/C42H70O35/c43-1-8-29-15(50)22(57)36(64-8)72-30-9(2-44)66-38(24(59)17(30)52)74-32-11(4-46)68-40(26(61)19(32)54)76-34-13(6-48)70-42(28(63)21(34)56)77-35-14(7-49)69-41(27(62)20(35)55)75-33-12(5-47)67-39(25(60)18(33)53)73-31-10(3-45)65-37(71-29)23(58)16(31)51/h8-63H,1-7H2/t8-,9-,10-,11-,12-,13?,14?,15+,16+,17+,18+,19+,20+,21+,22+,23+,24+,25+,26+,27+,28+,29-,30-,31-,32-,33-,34-,35-,36-,37-,38-,39-,40?,41-,42-/m1/s1. The Morgan fingerprint density at radius 2 is 0.260 bits per heavy atom. The lowest BCUT2D eigenvalue weighted by molar-refractivity contribution is -0.396. The molecule has 0 amide bonds. The predicted octanol–water partition coefficient (Wildman–Crippen LogP) is -15.2. The van der Waals surface area contributed by atoms with Crippen molar-refractivity contribution in [3.8, 4) is 0 Å². The molecule has 448 valence electrons. The molecule has 35 atom stereocenters. The Hall–Kier alpha value is -1.40. The van der Waals surface area contributed by atoms with Crippen LogP contribution in [0, 0.1) is 0 Å². The molecule has 21 saturated heterocycles. The van der Waals surface area contributed by atoms with Gasteiger partial charge >= 0.3 is 0 Å². The Morgan fingerprint density at radius 3 is 0.351 bits per heavy atom. The first-order valence-electron chi connectivity index (χ1n) is 24.6. The molecule has 0 radical (unpaired) electrons. The van der Waals surface area contributed by atoms with Crippen LogP contribution in [-0.2, 0) is 66.3 Å². The lowest BCUT2D eigenvalue weighted by Gasteiger charge is -2.50. The number of rotatable bonds is 7. The maximum absolute atomic E-state index is 11.3. The van der Waals surface area contributed by atoms with Gasteiger partial charge in [-0.25, -0.2) is 0 Å². The van der Waals surface area contributed by atoms with E-state index in [1.165, 1.54) is 0 Å². The minimum Gasteiger partial charge on any atom is -0.394 e. The fourth-order valence-corrected chi connectivity index (χ4v) is 10.4. The zero-order chi connectivity index (χ0) is 56.1. The Morgan fingerprint density at radius 1 is 0.156 bits per heavy atom. The molecule has 77 heavy (non-hydrogen) atoms. The van der Waals surface area contributed by atoms with E-state index < -0.39 is 261 Å². The normalized spacial score (nSPS) is 55.4. The fraction of sp³-hybridized carbons (Fsp3) is 1.00. The molecule has 0 aliphatic carbocycles. The molecule has 0 aromatic rings. The van der Waals surface area contributed by atoms with Crippen LogP contribution in [0.4, 0.5) is 0 Å². The largest absolute Gasteiger partial charge is 0.394 e. The highest BCUT2D eigenvalue weighted by molar-refractivity contribution is 5.01. The first kappa shape index (κ1) is 61.7. The average molecular weight is 1130 g/mol. The first-order valence-corrected chi connectivity index (χ1v) is 24.6. The predicted molar refractivity (Wildman–Crippen MR) is 228 cm³/mol. The molecular weight excluding hydrogens is 1060 g/mol. The summed E-state index contributed by atoms with van der Waals surface area (Å²) in [7, 11) is 0. The van der Waals surface area contributed by atoms with Crippen molar-refractivity contribution >= 4 is 0 Å². The topological polar surface area (TPSA) is 554 Å². The van der Waals surface area contributed by atoms with Crippen LogP contribution in [0.15, 0.2) is 0 Å². The number of ether oxygens (including phenoxy) is 14. The van der Waals surface area contributed by atoms with E-state index in [1.54, 1.807) is 0 Å². The van der Waals surface area contributed by atoms with Crippen molar-refractivity contribution in [1.82, 2.24) is 0 Å². The van der Waals surface area contributed by atoms with Crippen molar-refractivity contribution in [2.75, 3.05) is 46.2 Å². The summed E-state index contributed by atoms with van der Waals surface area (Å²) in [4.78, 5) is 0. The molecule has 14 bridgehead atoms. The Kier molecular flexibility index (Phi) is 20.8. The number of aliphatic hydroxyl groups excluding tert-OH is 21. The third-order valence-corrected chi connectivity index (χ3v) is 14.8. The van der Waals surface area contributed by atoms with Gasteiger partial charge in [0, 0.05) is 0 Å². The van der Waals surface area contributed by atoms with Crippen LogP contribution in [0.3, 0.4) is 0 Å². The van der Waals surface area contributed by atoms with Crippen molar-refractivity contribution in [2.45, 2.75) is 215 Å². The molecule has 21 fully saturated rings. The summed E-state index contributed by atoms with van der Waals surface area (Å²) < 4.78 is 79.5. The van der Waals surface area contributed by atoms with Gasteiger partial charge in [0.1, 0.15) is 171 Å². The maximum atomic E-state index is 11.3. The van der Waals surface area contributed by atoms with E-state index in [2.05, 4.69) is 0 Å². The van der Waals surface area contributed by atoms with Gasteiger partial charge in [-0.2, -0.15) is 0 Å². The molecular formula is C42H70O35. The molecule has 0 spiro atoms. The maximum Gasteiger partial charge on any atom is 0.187 e. The number of hydrogen-bond acceptors (Lipinski definition) is 35. The lowest BCUT2D eigenvalue weighted by Crippen LogP contribution is -2.68. The van der Waals surface area contributed by atoms with E-state index in [0.717, 1.165) is 0 Å². The van der Waals surface area contributed by atoms with Gasteiger partial charge in [-0.1, -0.05) is 0 Å². The van der Waals surface area contributed by atoms with Gasteiger partial charge in [0.25, 0.3) is 0 Å². The van der Waals surface area contributed by atoms with E-state index in [4.69, 9.17) is 66.3 Å². The summed E-state index contributed by atoms with van der Waals surface area (Å²) in [6, 6.07) is 0. The van der Waals surface area contributed by atoms with Gasteiger partial charge in [0.2, 0.25) is 0 Å². The Balaban J connectivity index is 1.08. The molecule has 0 aromatic carbocycles. The Bertz CT molecular complexity index is 1470. The van der Waals surface area contributed by atoms with Gasteiger partial charge in [0.05, 0.1) is 46.2 Å². The summed E-state index contributed by atoms with van der Waals surface area (Å²) >= 11 is 0. The van der Waals surface area contributed by atoms with Gasteiger partial charge in [0.15, 0.2) is 44.0 Å². The monoisotopic (exact) mass is 1130 g/mol. The second-order valence-electron chi connectivity index (χ2n) is 19.7. The van der Waals surface area contributed by atoms with Crippen molar-refractivity contribution in [3.63, 3.8) is 0 Å². The summed E-state index contributed by atoms with van der Waals surface area (Å²) in [5.41, 5.74) is 0. The zero-order valence-corrected chi connectivity index (χ0v) is 40.3. The van der Waals surface area contributed by atoms with Crippen molar-refractivity contribution in [1.29, 1.82) is 0 Å². The number of hydrogen-bond donors (Lipinski definition) is 21. The molecule has 35 nitrogen and oxygen atoms in total. The van der Waals surface area contributed by atoms with Gasteiger partial charge in [-0.15, -0.1) is 0 Å². The zero-order valence-electron chi connectivity index (χ0n) is 40.3. The van der Waals surface area contributed by atoms with Crippen LogP contribution in [0.2, 0.25) is 0 Å². The average Bonchev–Trinajstić information content (AvgIpc) is 3.44.